The van der Waals surface area contributed by atoms with E-state index in [0.717, 1.165) is 16.7 Å². The molecule has 0 amide bonds. The van der Waals surface area contributed by atoms with Gasteiger partial charge in [0.05, 0.1) is 0 Å². The quantitative estimate of drug-likeness (QED) is 0.598. The van der Waals surface area contributed by atoms with Crippen LogP contribution in [0.5, 0.6) is 0 Å². The molecule has 0 N–H and O–H groups in total. The van der Waals surface area contributed by atoms with Gasteiger partial charge in [-0.25, -0.2) is 0 Å². The average molecular weight is 162 g/mol. The van der Waals surface area contributed by atoms with Crippen molar-refractivity contribution in [2.45, 2.75) is 0 Å². The SMILES string of the molecule is S=Cc1cc2ccccc2o1. The van der Waals surface area contributed by atoms with E-state index in [-0.39, 0.29) is 0 Å². The van der Waals surface area contributed by atoms with E-state index in [4.69, 9.17) is 16.6 Å². The first-order valence-corrected chi connectivity index (χ1v) is 3.81. The molecule has 1 aromatic carbocycles. The summed E-state index contributed by atoms with van der Waals surface area (Å²) in [7, 11) is 0. The molecule has 2 heteroatoms. The number of fused-ring (bicyclic) bond motifs is 1. The lowest BCUT2D eigenvalue weighted by atomic mass is 10.2. The first kappa shape index (κ1) is 6.55. The zero-order chi connectivity index (χ0) is 7.68. The molecule has 0 saturated heterocycles. The van der Waals surface area contributed by atoms with Crippen molar-refractivity contribution in [2.75, 3.05) is 0 Å². The molecule has 0 saturated carbocycles. The summed E-state index contributed by atoms with van der Waals surface area (Å²) in [4.78, 5) is 0. The smallest absolute Gasteiger partial charge is 0.138 e. The minimum absolute atomic E-state index is 0.751. The summed E-state index contributed by atoms with van der Waals surface area (Å²) in [6.07, 6.45) is 0. The molecule has 0 aliphatic carbocycles. The van der Waals surface area contributed by atoms with Crippen molar-refractivity contribution in [1.29, 1.82) is 0 Å². The van der Waals surface area contributed by atoms with Crippen LogP contribution in [-0.2, 0) is 0 Å². The average Bonchev–Trinajstić information content (AvgIpc) is 2.46. The summed E-state index contributed by atoms with van der Waals surface area (Å²) in [6.45, 7) is 0. The van der Waals surface area contributed by atoms with Gasteiger partial charge in [0.1, 0.15) is 11.3 Å². The van der Waals surface area contributed by atoms with Crippen LogP contribution in [0.15, 0.2) is 34.7 Å². The van der Waals surface area contributed by atoms with Crippen LogP contribution in [0.25, 0.3) is 11.0 Å². The monoisotopic (exact) mass is 162 g/mol. The van der Waals surface area contributed by atoms with Gasteiger partial charge >= 0.3 is 0 Å². The molecule has 2 rings (SSSR count). The summed E-state index contributed by atoms with van der Waals surface area (Å²) in [6, 6.07) is 9.78. The maximum absolute atomic E-state index is 5.36. The van der Waals surface area contributed by atoms with E-state index in [0.29, 0.717) is 0 Å². The number of hydrogen-bond donors (Lipinski definition) is 0. The standard InChI is InChI=1S/C9H6OS/c11-6-8-5-7-3-1-2-4-9(7)10-8/h1-6H. The maximum atomic E-state index is 5.36. The zero-order valence-electron chi connectivity index (χ0n) is 5.78. The predicted molar refractivity (Wildman–Crippen MR) is 49.0 cm³/mol. The Morgan fingerprint density at radius 1 is 1.27 bits per heavy atom. The van der Waals surface area contributed by atoms with E-state index in [2.05, 4.69) is 0 Å². The molecule has 0 unspecified atom stereocenters. The Morgan fingerprint density at radius 3 is 2.82 bits per heavy atom. The molecule has 2 aromatic rings. The molecule has 0 fully saturated rings. The third-order valence-corrected chi connectivity index (χ3v) is 1.79. The van der Waals surface area contributed by atoms with Gasteiger partial charge < -0.3 is 4.42 Å². The summed E-state index contributed by atoms with van der Waals surface area (Å²) < 4.78 is 5.36. The normalized spacial score (nSPS) is 10.2. The van der Waals surface area contributed by atoms with Crippen LogP contribution in [0.2, 0.25) is 0 Å². The third-order valence-electron chi connectivity index (χ3n) is 1.56. The van der Waals surface area contributed by atoms with Crippen LogP contribution in [0.3, 0.4) is 0 Å². The molecular formula is C9H6OS. The van der Waals surface area contributed by atoms with Crippen LogP contribution in [0.4, 0.5) is 0 Å². The second kappa shape index (κ2) is 2.47. The molecule has 0 atom stereocenters. The van der Waals surface area contributed by atoms with E-state index in [1.807, 2.05) is 30.3 Å². The second-order valence-corrected chi connectivity index (χ2v) is 2.54. The van der Waals surface area contributed by atoms with Crippen LogP contribution >= 0.6 is 12.2 Å². The minimum atomic E-state index is 0.751. The van der Waals surface area contributed by atoms with Crippen molar-refractivity contribution >= 4 is 28.6 Å². The van der Waals surface area contributed by atoms with Gasteiger partial charge in [0.2, 0.25) is 0 Å². The van der Waals surface area contributed by atoms with E-state index in [9.17, 15) is 0 Å². The topological polar surface area (TPSA) is 13.1 Å². The summed E-state index contributed by atoms with van der Waals surface area (Å²) in [5.41, 5.74) is 0.892. The summed E-state index contributed by atoms with van der Waals surface area (Å²) in [5.74, 6) is 0.751. The van der Waals surface area contributed by atoms with Gasteiger partial charge in [0.25, 0.3) is 0 Å². The molecular weight excluding hydrogens is 156 g/mol. The molecule has 11 heavy (non-hydrogen) atoms. The van der Waals surface area contributed by atoms with Crippen molar-refractivity contribution in [2.24, 2.45) is 0 Å². The Kier molecular flexibility index (Phi) is 1.47. The Morgan fingerprint density at radius 2 is 2.09 bits per heavy atom. The van der Waals surface area contributed by atoms with Gasteiger partial charge in [-0.1, -0.05) is 30.4 Å². The Balaban J connectivity index is 2.78. The van der Waals surface area contributed by atoms with Gasteiger partial charge in [-0.2, -0.15) is 0 Å². The lowest BCUT2D eigenvalue weighted by Crippen LogP contribution is -1.63. The van der Waals surface area contributed by atoms with Gasteiger partial charge in [-0.15, -0.1) is 0 Å². The van der Waals surface area contributed by atoms with E-state index >= 15 is 0 Å². The second-order valence-electron chi connectivity index (χ2n) is 2.30. The summed E-state index contributed by atoms with van der Waals surface area (Å²) in [5, 5.41) is 2.64. The number of furan rings is 1. The highest BCUT2D eigenvalue weighted by atomic mass is 32.1. The Labute approximate surface area is 69.6 Å². The van der Waals surface area contributed by atoms with E-state index in [1.165, 1.54) is 0 Å². The van der Waals surface area contributed by atoms with Crippen LogP contribution in [0, 0.1) is 0 Å². The molecule has 0 spiro atoms. The number of benzene rings is 1. The highest BCUT2D eigenvalue weighted by Gasteiger charge is 1.97. The van der Waals surface area contributed by atoms with Crippen LogP contribution in [0.1, 0.15) is 5.76 Å². The Hall–Kier alpha value is -1.15. The molecule has 0 aliphatic rings. The lowest BCUT2D eigenvalue weighted by molar-refractivity contribution is 0.609. The lowest BCUT2D eigenvalue weighted by Gasteiger charge is -1.82. The minimum Gasteiger partial charge on any atom is -0.456 e. The maximum Gasteiger partial charge on any atom is 0.138 e. The number of thiocarbonyl (C=S) groups is 1. The van der Waals surface area contributed by atoms with Crippen LogP contribution < -0.4 is 0 Å². The zero-order valence-corrected chi connectivity index (χ0v) is 6.60. The third kappa shape index (κ3) is 1.05. The van der Waals surface area contributed by atoms with Gasteiger partial charge in [0, 0.05) is 10.8 Å². The molecule has 0 radical (unpaired) electrons. The van der Waals surface area contributed by atoms with Crippen molar-refractivity contribution in [1.82, 2.24) is 0 Å². The van der Waals surface area contributed by atoms with Gasteiger partial charge in [-0.3, -0.25) is 0 Å². The molecule has 54 valence electrons. The number of rotatable bonds is 1. The molecule has 1 nitrogen and oxygen atoms in total. The molecule has 1 aromatic heterocycles. The molecule has 0 bridgehead atoms. The predicted octanol–water partition coefficient (Wildman–Crippen LogP) is 2.78. The van der Waals surface area contributed by atoms with Crippen molar-refractivity contribution < 1.29 is 4.42 Å². The van der Waals surface area contributed by atoms with E-state index < -0.39 is 0 Å². The van der Waals surface area contributed by atoms with Crippen molar-refractivity contribution in [3.8, 4) is 0 Å². The fourth-order valence-corrected chi connectivity index (χ4v) is 1.18. The van der Waals surface area contributed by atoms with E-state index in [1.54, 1.807) is 5.37 Å². The van der Waals surface area contributed by atoms with Gasteiger partial charge in [-0.05, 0) is 12.1 Å². The number of hydrogen-bond acceptors (Lipinski definition) is 2. The van der Waals surface area contributed by atoms with Crippen LogP contribution in [-0.4, -0.2) is 5.37 Å². The summed E-state index contributed by atoms with van der Waals surface area (Å²) >= 11 is 4.74. The number of para-hydroxylation sites is 1. The highest BCUT2D eigenvalue weighted by Crippen LogP contribution is 2.17. The largest absolute Gasteiger partial charge is 0.456 e. The first-order valence-electron chi connectivity index (χ1n) is 3.34. The highest BCUT2D eigenvalue weighted by molar-refractivity contribution is 7.79. The van der Waals surface area contributed by atoms with Crippen molar-refractivity contribution in [3.05, 3.63) is 36.1 Å². The molecule has 0 aliphatic heterocycles. The fraction of sp³-hybridized carbons (Fsp3) is 0. The Bertz CT molecular complexity index is 356. The van der Waals surface area contributed by atoms with Gasteiger partial charge in [0.15, 0.2) is 0 Å². The van der Waals surface area contributed by atoms with Crippen molar-refractivity contribution in [3.63, 3.8) is 0 Å². The first-order chi connectivity index (χ1) is 5.40. The molecule has 1 heterocycles. The fourth-order valence-electron chi connectivity index (χ4n) is 1.06.